The molecular formula is C7H9LaN4RaRbS. The van der Waals surface area contributed by atoms with E-state index in [0.29, 0.717) is 88.2 Å². The zero-order valence-electron chi connectivity index (χ0n) is 9.48. The third kappa shape index (κ3) is 3.39. The molecule has 2 heterocycles. The van der Waals surface area contributed by atoms with Crippen LogP contribution in [0, 0.1) is 52.6 Å². The molecule has 0 atom stereocenters. The van der Waals surface area contributed by atoms with Crippen LogP contribution >= 0.6 is 11.8 Å². The molecule has 15 heavy (non-hydrogen) atoms. The Morgan fingerprint density at radius 2 is 2.27 bits per heavy atom. The van der Waals surface area contributed by atoms with Crippen molar-refractivity contribution in [1.29, 1.82) is 0 Å². The fourth-order valence-electron chi connectivity index (χ4n) is 1.64. The number of hydrogen-bond acceptors (Lipinski definition) is 4. The fraction of sp³-hybridized carbons (Fsp3) is 0.571. The topological polar surface area (TPSA) is 43.1 Å². The molecule has 1 aliphatic rings. The van der Waals surface area contributed by atoms with Crippen molar-refractivity contribution < 1.29 is 52.6 Å². The van der Waals surface area contributed by atoms with Crippen LogP contribution < -0.4 is 2.23 Å². The molecule has 1 aliphatic heterocycles. The van der Waals surface area contributed by atoms with Gasteiger partial charge in [0.15, 0.2) is 0 Å². The molecular weight excluding hydrogens is 623 g/mol. The normalized spacial score (nSPS) is 17.9. The summed E-state index contributed by atoms with van der Waals surface area (Å²) in [6, 6.07) is 0. The Kier molecular flexibility index (Phi) is 6.40. The molecule has 0 bridgehead atoms. The molecule has 0 amide bonds. The van der Waals surface area contributed by atoms with E-state index in [0.717, 1.165) is 5.16 Å². The van der Waals surface area contributed by atoms with Crippen LogP contribution in [0.4, 0.5) is 0 Å². The van der Waals surface area contributed by atoms with Crippen LogP contribution in [0.3, 0.4) is 0 Å². The molecule has 0 spiro atoms. The summed E-state index contributed by atoms with van der Waals surface area (Å²) in [5, 5.41) is 14.4. The van der Waals surface area contributed by atoms with Crippen LogP contribution in [0.5, 0.6) is 0 Å². The second kappa shape index (κ2) is 6.39. The minimum atomic E-state index is -0.639. The maximum absolute atomic E-state index is 4.78. The van der Waals surface area contributed by atoms with Gasteiger partial charge >= 0.3 is 171 Å². The van der Waals surface area contributed by atoms with Crippen molar-refractivity contribution in [3.8, 4) is 0 Å². The molecule has 0 unspecified atom stereocenters. The van der Waals surface area contributed by atoms with Crippen molar-refractivity contribution in [2.75, 3.05) is 0 Å². The van der Waals surface area contributed by atoms with Crippen molar-refractivity contribution in [3.63, 3.8) is 0 Å². The van der Waals surface area contributed by atoms with Gasteiger partial charge < -0.3 is 0 Å². The average Bonchev–Trinajstić information content (AvgIpc) is 2.56. The molecule has 0 radical (unpaired) electrons. The van der Waals surface area contributed by atoms with Crippen LogP contribution in [-0.4, -0.2) is 80.9 Å². The summed E-state index contributed by atoms with van der Waals surface area (Å²) < 4.78 is 4.71. The maximum atomic E-state index is 4.78. The predicted octanol–water partition coefficient (Wildman–Crippen LogP) is -0.140. The van der Waals surface area contributed by atoms with Gasteiger partial charge in [-0.15, -0.1) is 0 Å². The summed E-state index contributed by atoms with van der Waals surface area (Å²) in [4.78, 5) is 0. The van der Waals surface area contributed by atoms with E-state index in [9.17, 15) is 0 Å². The van der Waals surface area contributed by atoms with E-state index in [1.54, 1.807) is 0 Å². The zero-order valence-corrected chi connectivity index (χ0v) is 27.1. The van der Waals surface area contributed by atoms with Crippen molar-refractivity contribution in [3.05, 3.63) is 0 Å². The molecule has 8 heteroatoms. The SMILES string of the molecule is CC1(C)Sc2nn[c]([La][RaH])n2N=C1[CH2][Rb]. The first-order chi connectivity index (χ1) is 7.08. The second-order valence-corrected chi connectivity index (χ2v) is 28.0. The van der Waals surface area contributed by atoms with Crippen LogP contribution in [0.1, 0.15) is 13.8 Å². The Morgan fingerprint density at radius 1 is 1.53 bits per heavy atom. The Morgan fingerprint density at radius 3 is 2.87 bits per heavy atom. The van der Waals surface area contributed by atoms with Crippen molar-refractivity contribution >= 4 is 75.2 Å². The predicted molar refractivity (Wildman–Crippen MR) is 54.4 cm³/mol. The van der Waals surface area contributed by atoms with Gasteiger partial charge in [0.25, 0.3) is 0 Å². The van der Waals surface area contributed by atoms with E-state index in [2.05, 4.69) is 28.7 Å². The Balaban J connectivity index is 2.50. The number of thioether (sulfide) groups is 1. The third-order valence-electron chi connectivity index (χ3n) is 2.49. The molecule has 1 aromatic rings. The van der Waals surface area contributed by atoms with E-state index in [1.807, 2.05) is 11.8 Å². The first kappa shape index (κ1) is 15.0. The van der Waals surface area contributed by atoms with Gasteiger partial charge in [0.05, 0.1) is 0 Å². The summed E-state index contributed by atoms with van der Waals surface area (Å²) in [7, 11) is 0. The second-order valence-electron chi connectivity index (χ2n) is 3.95. The van der Waals surface area contributed by atoms with E-state index in [-0.39, 0.29) is 4.75 Å². The standard InChI is InChI=1S/C7H8N4S.La.Ra.Rb.H/c1-5-7(2,3)12-6-9-8-4-11(6)10-5;;;;/h1H2,2-3H3;;;;. The molecule has 4 nitrogen and oxygen atoms in total. The van der Waals surface area contributed by atoms with Crippen LogP contribution in [-0.2, 0) is 0 Å². The van der Waals surface area contributed by atoms with Gasteiger partial charge in [0, 0.05) is 0 Å². The van der Waals surface area contributed by atoms with E-state index in [4.69, 9.17) is 5.10 Å². The van der Waals surface area contributed by atoms with E-state index in [1.165, 1.54) is 7.43 Å². The number of aromatic nitrogens is 3. The molecule has 2 rings (SSSR count). The van der Waals surface area contributed by atoms with E-state index < -0.39 is 19.9 Å². The Hall–Kier alpha value is 3.63. The molecule has 0 aromatic carbocycles. The molecule has 0 N–H and O–H groups in total. The number of rotatable bonds is 2. The van der Waals surface area contributed by atoms with Crippen LogP contribution in [0.15, 0.2) is 10.3 Å². The van der Waals surface area contributed by atoms with Crippen molar-refractivity contribution in [2.45, 2.75) is 23.2 Å². The summed E-state index contributed by atoms with van der Waals surface area (Å²) in [6.45, 7) is 4.50. The van der Waals surface area contributed by atoms with Crippen molar-refractivity contribution in [2.24, 2.45) is 5.10 Å². The molecule has 0 aliphatic carbocycles. The molecule has 69 valence electrons. The Labute approximate surface area is 165 Å². The molecule has 1 aromatic heterocycles. The first-order valence-electron chi connectivity index (χ1n) is 5.10. The summed E-state index contributed by atoms with van der Waals surface area (Å²) in [6.07, 6.45) is 0. The van der Waals surface area contributed by atoms with Gasteiger partial charge in [0.1, 0.15) is 0 Å². The average molecular weight is 632 g/mol. The molecule has 0 fully saturated rings. The van der Waals surface area contributed by atoms with Gasteiger partial charge in [-0.2, -0.15) is 0 Å². The summed E-state index contributed by atoms with van der Waals surface area (Å²) in [5.74, 6) is 0. The minimum absolute atomic E-state index is 0.139. The van der Waals surface area contributed by atoms with Crippen molar-refractivity contribution in [1.82, 2.24) is 14.9 Å². The monoisotopic (exact) mass is 631 g/mol. The summed E-state index contributed by atoms with van der Waals surface area (Å²) in [5.41, 5.74) is 1.36. The van der Waals surface area contributed by atoms with Crippen LogP contribution in [0.2, 0.25) is -0.511 Å². The number of fused-ring (bicyclic) bond motifs is 1. The fourth-order valence-corrected chi connectivity index (χ4v) is 18.8. The van der Waals surface area contributed by atoms with Crippen LogP contribution in [0.25, 0.3) is 0 Å². The van der Waals surface area contributed by atoms with Gasteiger partial charge in [0.2, 0.25) is 0 Å². The van der Waals surface area contributed by atoms with Gasteiger partial charge in [-0.1, -0.05) is 0 Å². The van der Waals surface area contributed by atoms with Gasteiger partial charge in [-0.25, -0.2) is 0 Å². The number of nitrogens with zero attached hydrogens (tertiary/aromatic N) is 4. The third-order valence-corrected chi connectivity index (χ3v) is 23.5. The van der Waals surface area contributed by atoms with E-state index >= 15 is 0 Å². The molecule has 0 saturated carbocycles. The van der Waals surface area contributed by atoms with Gasteiger partial charge in [-0.3, -0.25) is 0 Å². The number of hydrogen-bond donors (Lipinski definition) is 0. The molecule has 0 saturated heterocycles. The zero-order chi connectivity index (χ0) is 11.1. The Bertz CT molecular complexity index is 419. The quantitative estimate of drug-likeness (QED) is 0.457. The first-order valence-corrected chi connectivity index (χ1v) is 49.4. The van der Waals surface area contributed by atoms with Gasteiger partial charge in [-0.05, 0) is 0 Å². The summed E-state index contributed by atoms with van der Waals surface area (Å²) >= 11 is 2.56.